The number of thiophene rings is 1. The van der Waals surface area contributed by atoms with Gasteiger partial charge in [0.05, 0.1) is 17.1 Å². The van der Waals surface area contributed by atoms with Crippen molar-refractivity contribution in [3.63, 3.8) is 0 Å². The third kappa shape index (κ3) is 5.60. The molecule has 9 rings (SSSR count). The topological polar surface area (TPSA) is 50.2 Å². The first-order valence-electron chi connectivity index (χ1n) is 16.4. The van der Waals surface area contributed by atoms with Gasteiger partial charge in [0.25, 0.3) is 0 Å². The van der Waals surface area contributed by atoms with Crippen LogP contribution in [0.1, 0.15) is 22.9 Å². The van der Waals surface area contributed by atoms with Gasteiger partial charge in [0.15, 0.2) is 5.82 Å². The van der Waals surface area contributed by atoms with Crippen molar-refractivity contribution >= 4 is 42.9 Å². The molecular weight excluding hydrogens is 617 g/mol. The van der Waals surface area contributed by atoms with Crippen molar-refractivity contribution in [3.05, 3.63) is 187 Å². The Morgan fingerprint density at radius 3 is 1.86 bits per heavy atom. The largest absolute Gasteiger partial charge is 0.359 e. The zero-order chi connectivity index (χ0) is 32.6. The van der Waals surface area contributed by atoms with Gasteiger partial charge in [-0.3, -0.25) is 4.99 Å². The maximum Gasteiger partial charge on any atom is 0.160 e. The molecule has 0 radical (unpaired) electrons. The van der Waals surface area contributed by atoms with E-state index in [1.54, 1.807) is 0 Å². The minimum Gasteiger partial charge on any atom is -0.359 e. The zero-order valence-electron chi connectivity index (χ0n) is 26.5. The lowest BCUT2D eigenvalue weighted by Gasteiger charge is -2.25. The highest BCUT2D eigenvalue weighted by Crippen LogP contribution is 2.41. The smallest absolute Gasteiger partial charge is 0.160 e. The van der Waals surface area contributed by atoms with E-state index in [-0.39, 0.29) is 6.17 Å². The summed E-state index contributed by atoms with van der Waals surface area (Å²) in [6.07, 6.45) is 2.00. The summed E-state index contributed by atoms with van der Waals surface area (Å²) in [6, 6.07) is 56.8. The van der Waals surface area contributed by atoms with Crippen molar-refractivity contribution in [3.8, 4) is 33.9 Å². The fourth-order valence-electron chi connectivity index (χ4n) is 6.49. The molecule has 0 saturated heterocycles. The standard InChI is InChI=1S/C44H30N4S/c1-5-14-29(15-6-1)37-27-39(47-43(45-37)31-18-9-3-10-19-31)33-24-25-34-35-22-13-23-36(42(35)49-41(34)26-33)40-28-38(30-16-7-2-8-17-30)46-44(48-40)32-20-11-4-12-21-32/h1-28,44,48H. The van der Waals surface area contributed by atoms with Gasteiger partial charge < -0.3 is 5.32 Å². The molecule has 0 amide bonds. The molecule has 1 unspecified atom stereocenters. The number of fused-ring (bicyclic) bond motifs is 3. The molecule has 6 aromatic carbocycles. The molecule has 1 aliphatic rings. The first-order chi connectivity index (χ1) is 24.3. The highest BCUT2D eigenvalue weighted by Gasteiger charge is 2.22. The lowest BCUT2D eigenvalue weighted by Crippen LogP contribution is -2.24. The number of allylic oxidation sites excluding steroid dienone is 1. The molecule has 0 bridgehead atoms. The second-order valence-electron chi connectivity index (χ2n) is 12.1. The Balaban J connectivity index is 1.16. The van der Waals surface area contributed by atoms with Gasteiger partial charge >= 0.3 is 0 Å². The molecular formula is C44H30N4S. The number of benzene rings is 6. The van der Waals surface area contributed by atoms with E-state index in [1.165, 1.54) is 25.7 Å². The molecule has 5 heteroatoms. The maximum absolute atomic E-state index is 5.14. The predicted molar refractivity (Wildman–Crippen MR) is 205 cm³/mol. The van der Waals surface area contributed by atoms with E-state index in [4.69, 9.17) is 15.0 Å². The molecule has 0 fully saturated rings. The van der Waals surface area contributed by atoms with Gasteiger partial charge in [-0.05, 0) is 29.3 Å². The van der Waals surface area contributed by atoms with E-state index in [9.17, 15) is 0 Å². The summed E-state index contributed by atoms with van der Waals surface area (Å²) < 4.78 is 2.46. The van der Waals surface area contributed by atoms with E-state index in [2.05, 4.69) is 127 Å². The van der Waals surface area contributed by atoms with Gasteiger partial charge in [-0.25, -0.2) is 9.97 Å². The second kappa shape index (κ2) is 12.5. The first-order valence-corrected chi connectivity index (χ1v) is 17.2. The van der Waals surface area contributed by atoms with Crippen molar-refractivity contribution in [1.82, 2.24) is 15.3 Å². The molecule has 3 heterocycles. The Hall–Kier alpha value is -6.17. The summed E-state index contributed by atoms with van der Waals surface area (Å²) in [6.45, 7) is 0. The van der Waals surface area contributed by atoms with Crippen LogP contribution in [0, 0.1) is 0 Å². The molecule has 49 heavy (non-hydrogen) atoms. The van der Waals surface area contributed by atoms with Crippen molar-refractivity contribution in [2.75, 3.05) is 0 Å². The van der Waals surface area contributed by atoms with Crippen molar-refractivity contribution in [2.45, 2.75) is 6.17 Å². The van der Waals surface area contributed by atoms with E-state index in [0.29, 0.717) is 0 Å². The third-order valence-corrected chi connectivity index (χ3v) is 10.1. The van der Waals surface area contributed by atoms with Crippen LogP contribution in [-0.4, -0.2) is 15.7 Å². The summed E-state index contributed by atoms with van der Waals surface area (Å²) in [7, 11) is 0. The summed E-state index contributed by atoms with van der Waals surface area (Å²) in [5.74, 6) is 0.717. The van der Waals surface area contributed by atoms with E-state index in [0.717, 1.165) is 56.4 Å². The van der Waals surface area contributed by atoms with Crippen LogP contribution in [0.25, 0.3) is 59.8 Å². The van der Waals surface area contributed by atoms with Crippen LogP contribution in [-0.2, 0) is 0 Å². The molecule has 0 aliphatic carbocycles. The normalized spacial score (nSPS) is 14.3. The number of hydrogen-bond donors (Lipinski definition) is 1. The summed E-state index contributed by atoms with van der Waals surface area (Å²) in [5.41, 5.74) is 10.4. The highest BCUT2D eigenvalue weighted by molar-refractivity contribution is 7.26. The molecule has 4 nitrogen and oxygen atoms in total. The van der Waals surface area contributed by atoms with E-state index in [1.807, 2.05) is 59.9 Å². The number of rotatable bonds is 6. The lowest BCUT2D eigenvalue weighted by molar-refractivity contribution is 0.664. The Labute approximate surface area is 288 Å². The van der Waals surface area contributed by atoms with Crippen LogP contribution in [0.3, 0.4) is 0 Å². The minimum absolute atomic E-state index is 0.192. The number of nitrogens with zero attached hydrogens (tertiary/aromatic N) is 3. The van der Waals surface area contributed by atoms with Crippen LogP contribution < -0.4 is 5.32 Å². The van der Waals surface area contributed by atoms with Crippen LogP contribution in [0.5, 0.6) is 0 Å². The Kier molecular flexibility index (Phi) is 7.37. The average Bonchev–Trinajstić information content (AvgIpc) is 3.57. The summed E-state index contributed by atoms with van der Waals surface area (Å²) in [4.78, 5) is 15.2. The predicted octanol–water partition coefficient (Wildman–Crippen LogP) is 11.0. The van der Waals surface area contributed by atoms with Gasteiger partial charge in [-0.1, -0.05) is 152 Å². The van der Waals surface area contributed by atoms with E-state index >= 15 is 0 Å². The Morgan fingerprint density at radius 1 is 0.510 bits per heavy atom. The van der Waals surface area contributed by atoms with Gasteiger partial charge in [-0.2, -0.15) is 0 Å². The molecule has 0 spiro atoms. The van der Waals surface area contributed by atoms with Gasteiger partial charge in [0.1, 0.15) is 6.17 Å². The Bertz CT molecular complexity index is 2450. The number of aliphatic imine (C=N–C) groups is 1. The molecule has 232 valence electrons. The van der Waals surface area contributed by atoms with Gasteiger partial charge in [0.2, 0.25) is 0 Å². The maximum atomic E-state index is 5.14. The number of aromatic nitrogens is 2. The van der Waals surface area contributed by atoms with Crippen molar-refractivity contribution < 1.29 is 0 Å². The molecule has 1 aliphatic heterocycles. The van der Waals surface area contributed by atoms with Crippen molar-refractivity contribution in [1.29, 1.82) is 0 Å². The highest BCUT2D eigenvalue weighted by atomic mass is 32.1. The van der Waals surface area contributed by atoms with Crippen LogP contribution in [0.15, 0.2) is 175 Å². The second-order valence-corrected chi connectivity index (χ2v) is 13.1. The molecule has 2 aromatic heterocycles. The molecule has 8 aromatic rings. The fraction of sp³-hybridized carbons (Fsp3) is 0.0227. The van der Waals surface area contributed by atoms with Crippen LogP contribution in [0.2, 0.25) is 0 Å². The SMILES string of the molecule is C1=C(c2cccc3c2sc2cc(-c4cc(-c5ccccc5)nc(-c5ccccc5)n4)ccc23)NC(c2ccccc2)N=C1c1ccccc1. The third-order valence-electron chi connectivity index (χ3n) is 8.94. The summed E-state index contributed by atoms with van der Waals surface area (Å²) in [5, 5.41) is 6.24. The lowest BCUT2D eigenvalue weighted by atomic mass is 10.0. The zero-order valence-corrected chi connectivity index (χ0v) is 27.3. The minimum atomic E-state index is -0.192. The molecule has 0 saturated carbocycles. The first kappa shape index (κ1) is 29.0. The number of hydrogen-bond acceptors (Lipinski definition) is 5. The fourth-order valence-corrected chi connectivity index (χ4v) is 7.76. The van der Waals surface area contributed by atoms with E-state index < -0.39 is 0 Å². The monoisotopic (exact) mass is 646 g/mol. The quantitative estimate of drug-likeness (QED) is 0.196. The van der Waals surface area contributed by atoms with Gasteiger partial charge in [0, 0.05) is 48.1 Å². The number of nitrogens with one attached hydrogen (secondary N) is 1. The molecule has 1 N–H and O–H groups in total. The van der Waals surface area contributed by atoms with Gasteiger partial charge in [-0.15, -0.1) is 11.3 Å². The summed E-state index contributed by atoms with van der Waals surface area (Å²) >= 11 is 1.82. The average molecular weight is 647 g/mol. The van der Waals surface area contributed by atoms with Crippen LogP contribution in [0.4, 0.5) is 0 Å². The van der Waals surface area contributed by atoms with Crippen molar-refractivity contribution in [2.24, 2.45) is 4.99 Å². The Morgan fingerprint density at radius 2 is 1.14 bits per heavy atom. The van der Waals surface area contributed by atoms with Crippen LogP contribution >= 0.6 is 11.3 Å². The molecule has 1 atom stereocenters.